The molecule has 27 heavy (non-hydrogen) atoms. The van der Waals surface area contributed by atoms with Crippen LogP contribution in [0.4, 0.5) is 0 Å². The minimum absolute atomic E-state index is 0.671. The van der Waals surface area contributed by atoms with Crippen molar-refractivity contribution in [1.82, 2.24) is 15.2 Å². The van der Waals surface area contributed by atoms with Crippen LogP contribution in [-0.2, 0) is 0 Å². The number of H-pyrrole nitrogens is 1. The van der Waals surface area contributed by atoms with Crippen molar-refractivity contribution in [3.63, 3.8) is 0 Å². The van der Waals surface area contributed by atoms with E-state index in [0.717, 1.165) is 30.1 Å². The summed E-state index contributed by atoms with van der Waals surface area (Å²) in [7, 11) is 3.75. The molecule has 2 N–H and O–H groups in total. The van der Waals surface area contributed by atoms with Crippen LogP contribution in [0.25, 0.3) is 22.2 Å². The average molecular weight is 364 g/mol. The Kier molecular flexibility index (Phi) is 5.46. The van der Waals surface area contributed by atoms with E-state index >= 15 is 0 Å². The number of likely N-dealkylation sites (N-methyl/N-ethyl adjacent to an activating group) is 1. The molecular formula is C23H29N3O. The summed E-state index contributed by atoms with van der Waals surface area (Å²) in [5.74, 6) is 1.57. The third-order valence-corrected chi connectivity index (χ3v) is 5.78. The molecule has 1 saturated heterocycles. The molecule has 0 aliphatic carbocycles. The monoisotopic (exact) mass is 363 g/mol. The van der Waals surface area contributed by atoms with Crippen molar-refractivity contribution in [1.29, 1.82) is 0 Å². The van der Waals surface area contributed by atoms with Crippen LogP contribution in [0.1, 0.15) is 24.3 Å². The van der Waals surface area contributed by atoms with Gasteiger partial charge in [0.15, 0.2) is 0 Å². The Labute approximate surface area is 161 Å². The molecule has 4 heteroatoms. The summed E-state index contributed by atoms with van der Waals surface area (Å²) in [5.41, 5.74) is 4.88. The molecule has 2 heterocycles. The van der Waals surface area contributed by atoms with Gasteiger partial charge in [-0.1, -0.05) is 18.2 Å². The van der Waals surface area contributed by atoms with Crippen molar-refractivity contribution in [2.24, 2.45) is 0 Å². The van der Waals surface area contributed by atoms with Gasteiger partial charge in [-0.15, -0.1) is 0 Å². The van der Waals surface area contributed by atoms with E-state index < -0.39 is 0 Å². The van der Waals surface area contributed by atoms with Crippen LogP contribution in [0, 0.1) is 0 Å². The lowest BCUT2D eigenvalue weighted by Crippen LogP contribution is -2.37. The number of likely N-dealkylation sites (tertiary alicyclic amines) is 1. The number of nitrogens with zero attached hydrogens (tertiary/aromatic N) is 1. The number of rotatable bonds is 6. The molecule has 3 aromatic rings. The van der Waals surface area contributed by atoms with E-state index in [2.05, 4.69) is 51.6 Å². The van der Waals surface area contributed by atoms with Gasteiger partial charge in [-0.25, -0.2) is 0 Å². The fourth-order valence-corrected chi connectivity index (χ4v) is 4.18. The Morgan fingerprint density at radius 3 is 2.70 bits per heavy atom. The number of aromatic nitrogens is 1. The summed E-state index contributed by atoms with van der Waals surface area (Å²) in [4.78, 5) is 6.12. The third-order valence-electron chi connectivity index (χ3n) is 5.78. The van der Waals surface area contributed by atoms with Gasteiger partial charge in [-0.05, 0) is 74.8 Å². The molecule has 1 aliphatic heterocycles. The summed E-state index contributed by atoms with van der Waals surface area (Å²) < 4.78 is 5.52. The highest BCUT2D eigenvalue weighted by Gasteiger charge is 2.20. The molecule has 1 aliphatic rings. The number of hydrogen-bond acceptors (Lipinski definition) is 3. The van der Waals surface area contributed by atoms with Crippen LogP contribution in [0.2, 0.25) is 0 Å². The van der Waals surface area contributed by atoms with Crippen molar-refractivity contribution < 1.29 is 4.74 Å². The molecule has 0 unspecified atom stereocenters. The highest BCUT2D eigenvalue weighted by molar-refractivity contribution is 5.87. The summed E-state index contributed by atoms with van der Waals surface area (Å²) in [6.07, 6.45) is 2.50. The van der Waals surface area contributed by atoms with Gasteiger partial charge in [0.25, 0.3) is 0 Å². The number of nitrogens with one attached hydrogen (secondary N) is 2. The highest BCUT2D eigenvalue weighted by Crippen LogP contribution is 2.34. The van der Waals surface area contributed by atoms with Gasteiger partial charge in [-0.3, -0.25) is 0 Å². The number of methoxy groups -OCH3 is 1. The predicted octanol–water partition coefficient (Wildman–Crippen LogP) is 4.24. The van der Waals surface area contributed by atoms with E-state index in [1.807, 2.05) is 19.2 Å². The number of fused-ring (bicyclic) bond motifs is 1. The Bertz CT molecular complexity index is 894. The minimum atomic E-state index is 0.671. The minimum Gasteiger partial charge on any atom is -0.496 e. The van der Waals surface area contributed by atoms with E-state index in [-0.39, 0.29) is 0 Å². The van der Waals surface area contributed by atoms with Crippen LogP contribution in [0.5, 0.6) is 5.75 Å². The molecule has 0 saturated carbocycles. The Morgan fingerprint density at radius 1 is 1.11 bits per heavy atom. The van der Waals surface area contributed by atoms with Gasteiger partial charge in [0, 0.05) is 29.6 Å². The van der Waals surface area contributed by atoms with Gasteiger partial charge in [-0.2, -0.15) is 0 Å². The molecule has 1 fully saturated rings. The number of ether oxygens (including phenoxy) is 1. The smallest absolute Gasteiger partial charge is 0.128 e. The summed E-state index contributed by atoms with van der Waals surface area (Å²) >= 11 is 0. The van der Waals surface area contributed by atoms with Gasteiger partial charge in [0.1, 0.15) is 5.75 Å². The topological polar surface area (TPSA) is 40.3 Å². The second kappa shape index (κ2) is 8.15. The summed E-state index contributed by atoms with van der Waals surface area (Å²) in [6.45, 7) is 4.63. The van der Waals surface area contributed by atoms with E-state index in [0.29, 0.717) is 5.92 Å². The zero-order valence-corrected chi connectivity index (χ0v) is 16.3. The molecule has 4 nitrogen and oxygen atoms in total. The molecule has 0 atom stereocenters. The SMILES string of the molecule is CNCCN1CCC(c2ccc3[nH]c(-c4ccccc4OC)cc3c2)CC1. The van der Waals surface area contributed by atoms with E-state index in [9.17, 15) is 0 Å². The van der Waals surface area contributed by atoms with E-state index in [4.69, 9.17) is 4.74 Å². The van der Waals surface area contributed by atoms with Crippen LogP contribution in [0.15, 0.2) is 48.5 Å². The predicted molar refractivity (Wildman–Crippen MR) is 113 cm³/mol. The number of piperidine rings is 1. The molecule has 0 radical (unpaired) electrons. The Balaban J connectivity index is 1.53. The zero-order chi connectivity index (χ0) is 18.6. The first-order valence-electron chi connectivity index (χ1n) is 9.91. The fraction of sp³-hybridized carbons (Fsp3) is 0.391. The highest BCUT2D eigenvalue weighted by atomic mass is 16.5. The molecule has 0 bridgehead atoms. The number of hydrogen-bond donors (Lipinski definition) is 2. The van der Waals surface area contributed by atoms with Crippen molar-refractivity contribution in [2.75, 3.05) is 40.3 Å². The van der Waals surface area contributed by atoms with Crippen LogP contribution >= 0.6 is 0 Å². The van der Waals surface area contributed by atoms with Crippen LogP contribution in [-0.4, -0.2) is 50.2 Å². The molecule has 2 aromatic carbocycles. The second-order valence-electron chi connectivity index (χ2n) is 7.45. The molecule has 4 rings (SSSR count). The molecule has 0 spiro atoms. The van der Waals surface area contributed by atoms with Gasteiger partial charge in [0.2, 0.25) is 0 Å². The molecule has 0 amide bonds. The van der Waals surface area contributed by atoms with E-state index in [1.54, 1.807) is 7.11 Å². The lowest BCUT2D eigenvalue weighted by atomic mass is 9.89. The first-order chi connectivity index (χ1) is 13.3. The normalized spacial score (nSPS) is 16.1. The van der Waals surface area contributed by atoms with Gasteiger partial charge < -0.3 is 19.9 Å². The van der Waals surface area contributed by atoms with Crippen LogP contribution in [0.3, 0.4) is 0 Å². The maximum absolute atomic E-state index is 5.52. The average Bonchev–Trinajstić information content (AvgIpc) is 3.15. The number of para-hydroxylation sites is 1. The lowest BCUT2D eigenvalue weighted by Gasteiger charge is -2.32. The number of benzene rings is 2. The fourth-order valence-electron chi connectivity index (χ4n) is 4.18. The largest absolute Gasteiger partial charge is 0.496 e. The van der Waals surface area contributed by atoms with Gasteiger partial charge >= 0.3 is 0 Å². The number of aromatic amines is 1. The maximum Gasteiger partial charge on any atom is 0.128 e. The van der Waals surface area contributed by atoms with E-state index in [1.165, 1.54) is 42.4 Å². The van der Waals surface area contributed by atoms with Gasteiger partial charge in [0.05, 0.1) is 12.8 Å². The zero-order valence-electron chi connectivity index (χ0n) is 16.3. The van der Waals surface area contributed by atoms with Crippen molar-refractivity contribution in [2.45, 2.75) is 18.8 Å². The lowest BCUT2D eigenvalue weighted by molar-refractivity contribution is 0.214. The van der Waals surface area contributed by atoms with Crippen molar-refractivity contribution in [3.05, 3.63) is 54.1 Å². The maximum atomic E-state index is 5.52. The first kappa shape index (κ1) is 18.1. The summed E-state index contributed by atoms with van der Waals surface area (Å²) in [5, 5.41) is 4.53. The Morgan fingerprint density at radius 2 is 1.93 bits per heavy atom. The molecule has 142 valence electrons. The third kappa shape index (κ3) is 3.87. The standard InChI is InChI=1S/C23H29N3O/c1-24-11-14-26-12-9-17(10-13-26)18-7-8-21-19(15-18)16-22(25-21)20-5-3-4-6-23(20)27-2/h3-8,15-17,24-25H,9-14H2,1-2H3. The molecule has 1 aromatic heterocycles. The Hall–Kier alpha value is -2.30. The van der Waals surface area contributed by atoms with Crippen LogP contribution < -0.4 is 10.1 Å². The second-order valence-corrected chi connectivity index (χ2v) is 7.45. The first-order valence-corrected chi connectivity index (χ1v) is 9.91. The van der Waals surface area contributed by atoms with Crippen molar-refractivity contribution in [3.8, 4) is 17.0 Å². The van der Waals surface area contributed by atoms with Crippen molar-refractivity contribution >= 4 is 10.9 Å². The molecular weight excluding hydrogens is 334 g/mol. The summed E-state index contributed by atoms with van der Waals surface area (Å²) in [6, 6.07) is 17.3. The quantitative estimate of drug-likeness (QED) is 0.688.